The Bertz CT molecular complexity index is 682. The predicted molar refractivity (Wildman–Crippen MR) is 92.2 cm³/mol. The van der Waals surface area contributed by atoms with Crippen molar-refractivity contribution in [1.29, 1.82) is 0 Å². The van der Waals surface area contributed by atoms with E-state index in [9.17, 15) is 4.79 Å². The summed E-state index contributed by atoms with van der Waals surface area (Å²) in [6.07, 6.45) is 0.0464. The van der Waals surface area contributed by atoms with Gasteiger partial charge in [-0.15, -0.1) is 0 Å². The highest BCUT2D eigenvalue weighted by Gasteiger charge is 2.19. The van der Waals surface area contributed by atoms with Crippen LogP contribution in [-0.2, 0) is 4.79 Å². The summed E-state index contributed by atoms with van der Waals surface area (Å²) in [5.74, 6) is 1.28. The van der Waals surface area contributed by atoms with Gasteiger partial charge < -0.3 is 14.8 Å². The first-order chi connectivity index (χ1) is 11.0. The minimum atomic E-state index is -0.540. The molecular weight excluding hydrogens is 290 g/mol. The van der Waals surface area contributed by atoms with Crippen molar-refractivity contribution in [3.05, 3.63) is 53.6 Å². The summed E-state index contributed by atoms with van der Waals surface area (Å²) < 4.78 is 11.1. The molecule has 0 radical (unpaired) electrons. The highest BCUT2D eigenvalue weighted by atomic mass is 16.5. The highest BCUT2D eigenvalue weighted by Crippen LogP contribution is 2.23. The number of hydrogen-bond donors (Lipinski definition) is 1. The van der Waals surface area contributed by atoms with E-state index in [0.29, 0.717) is 17.9 Å². The van der Waals surface area contributed by atoms with E-state index in [4.69, 9.17) is 9.47 Å². The van der Waals surface area contributed by atoms with Crippen molar-refractivity contribution in [3.8, 4) is 11.5 Å². The Balaban J connectivity index is 2.10. The molecule has 1 atom stereocenters. The van der Waals surface area contributed by atoms with Crippen LogP contribution < -0.4 is 14.8 Å². The summed E-state index contributed by atoms with van der Waals surface area (Å²) >= 11 is 0. The van der Waals surface area contributed by atoms with Crippen LogP contribution in [-0.4, -0.2) is 19.1 Å². The summed E-state index contributed by atoms with van der Waals surface area (Å²) in [6.45, 7) is 5.96. The molecule has 23 heavy (non-hydrogen) atoms. The van der Waals surface area contributed by atoms with Crippen molar-refractivity contribution in [1.82, 2.24) is 0 Å². The number of ether oxygens (including phenoxy) is 2. The highest BCUT2D eigenvalue weighted by molar-refractivity contribution is 5.94. The molecular formula is C19H23NO3. The first kappa shape index (κ1) is 16.9. The van der Waals surface area contributed by atoms with Gasteiger partial charge in [0.15, 0.2) is 6.10 Å². The fraction of sp³-hybridized carbons (Fsp3) is 0.316. The van der Waals surface area contributed by atoms with Gasteiger partial charge in [0, 0.05) is 11.8 Å². The van der Waals surface area contributed by atoms with Gasteiger partial charge in [-0.3, -0.25) is 4.79 Å². The number of amides is 1. The summed E-state index contributed by atoms with van der Waals surface area (Å²) in [7, 11) is 1.60. The molecule has 2 rings (SSSR count). The number of aryl methyl sites for hydroxylation is 1. The molecule has 0 aliphatic carbocycles. The molecule has 2 aromatic rings. The number of carbonyl (C=O) groups excluding carboxylic acids is 1. The Hall–Kier alpha value is -2.49. The maximum atomic E-state index is 12.5. The zero-order chi connectivity index (χ0) is 16.8. The van der Waals surface area contributed by atoms with E-state index in [0.717, 1.165) is 16.9 Å². The minimum Gasteiger partial charge on any atom is -0.497 e. The van der Waals surface area contributed by atoms with Gasteiger partial charge in [0.25, 0.3) is 5.91 Å². The van der Waals surface area contributed by atoms with Gasteiger partial charge in [0.2, 0.25) is 0 Å². The molecule has 0 unspecified atom stereocenters. The average Bonchev–Trinajstić information content (AvgIpc) is 2.56. The maximum absolute atomic E-state index is 12.5. The topological polar surface area (TPSA) is 47.6 Å². The van der Waals surface area contributed by atoms with Crippen LogP contribution in [0.5, 0.6) is 11.5 Å². The zero-order valence-corrected chi connectivity index (χ0v) is 14.1. The lowest BCUT2D eigenvalue weighted by molar-refractivity contribution is -0.122. The van der Waals surface area contributed by atoms with Crippen LogP contribution in [0.25, 0.3) is 0 Å². The Kier molecular flexibility index (Phi) is 5.63. The third-order valence-electron chi connectivity index (χ3n) is 3.82. The molecule has 0 aliphatic heterocycles. The lowest BCUT2D eigenvalue weighted by Crippen LogP contribution is -2.32. The molecule has 122 valence electrons. The third-order valence-corrected chi connectivity index (χ3v) is 3.82. The Morgan fingerprint density at radius 1 is 1.17 bits per heavy atom. The lowest BCUT2D eigenvalue weighted by atomic mass is 10.1. The van der Waals surface area contributed by atoms with Crippen LogP contribution in [0, 0.1) is 13.8 Å². The molecule has 0 saturated heterocycles. The summed E-state index contributed by atoms with van der Waals surface area (Å²) in [5, 5.41) is 2.88. The summed E-state index contributed by atoms with van der Waals surface area (Å²) in [4.78, 5) is 12.5. The molecule has 1 N–H and O–H groups in total. The molecule has 0 spiro atoms. The van der Waals surface area contributed by atoms with Crippen molar-refractivity contribution in [2.45, 2.75) is 33.3 Å². The molecule has 2 aromatic carbocycles. The first-order valence-electron chi connectivity index (χ1n) is 7.73. The maximum Gasteiger partial charge on any atom is 0.265 e. The number of anilines is 1. The normalized spacial score (nSPS) is 11.7. The van der Waals surface area contributed by atoms with Crippen molar-refractivity contribution < 1.29 is 14.3 Å². The SMILES string of the molecule is CC[C@@H](Oc1cccc(C)c1C)C(=O)Nc1cccc(OC)c1. The zero-order valence-electron chi connectivity index (χ0n) is 14.1. The van der Waals surface area contributed by atoms with Crippen molar-refractivity contribution >= 4 is 11.6 Å². The molecule has 0 aliphatic rings. The van der Waals surface area contributed by atoms with Crippen molar-refractivity contribution in [2.75, 3.05) is 12.4 Å². The number of rotatable bonds is 6. The van der Waals surface area contributed by atoms with Gasteiger partial charge in [-0.05, 0) is 49.6 Å². The Morgan fingerprint density at radius 3 is 2.61 bits per heavy atom. The Morgan fingerprint density at radius 2 is 1.91 bits per heavy atom. The van der Waals surface area contributed by atoms with Crippen LogP contribution in [0.15, 0.2) is 42.5 Å². The van der Waals surface area contributed by atoms with E-state index in [1.54, 1.807) is 13.2 Å². The monoisotopic (exact) mass is 313 g/mol. The van der Waals surface area contributed by atoms with Gasteiger partial charge in [-0.25, -0.2) is 0 Å². The van der Waals surface area contributed by atoms with Crippen molar-refractivity contribution in [3.63, 3.8) is 0 Å². The summed E-state index contributed by atoms with van der Waals surface area (Å²) in [5.41, 5.74) is 2.89. The minimum absolute atomic E-state index is 0.165. The lowest BCUT2D eigenvalue weighted by Gasteiger charge is -2.19. The second-order valence-corrected chi connectivity index (χ2v) is 5.43. The van der Waals surface area contributed by atoms with Crippen molar-refractivity contribution in [2.24, 2.45) is 0 Å². The molecule has 4 heteroatoms. The second kappa shape index (κ2) is 7.68. The van der Waals surface area contributed by atoms with Crippen LogP contribution in [0.1, 0.15) is 24.5 Å². The molecule has 0 bridgehead atoms. The van der Waals surface area contributed by atoms with Gasteiger partial charge in [-0.1, -0.05) is 25.1 Å². The van der Waals surface area contributed by atoms with E-state index in [2.05, 4.69) is 5.32 Å². The number of hydrogen-bond acceptors (Lipinski definition) is 3. The Labute approximate surface area is 137 Å². The fourth-order valence-corrected chi connectivity index (χ4v) is 2.25. The van der Waals surface area contributed by atoms with Crippen LogP contribution in [0.3, 0.4) is 0 Å². The first-order valence-corrected chi connectivity index (χ1v) is 7.73. The number of carbonyl (C=O) groups is 1. The fourth-order valence-electron chi connectivity index (χ4n) is 2.25. The second-order valence-electron chi connectivity index (χ2n) is 5.43. The number of methoxy groups -OCH3 is 1. The van der Waals surface area contributed by atoms with Gasteiger partial charge in [-0.2, -0.15) is 0 Å². The summed E-state index contributed by atoms with van der Waals surface area (Å²) in [6, 6.07) is 13.1. The van der Waals surface area contributed by atoms with E-state index in [1.165, 1.54) is 0 Å². The average molecular weight is 313 g/mol. The van der Waals surface area contributed by atoms with Gasteiger partial charge >= 0.3 is 0 Å². The standard InChI is InChI=1S/C19H23NO3/c1-5-17(23-18-11-6-8-13(2)14(18)3)19(21)20-15-9-7-10-16(12-15)22-4/h6-12,17H,5H2,1-4H3,(H,20,21)/t17-/m1/s1. The van der Waals surface area contributed by atoms with Crippen LogP contribution in [0.2, 0.25) is 0 Å². The van der Waals surface area contributed by atoms with Crippen LogP contribution >= 0.6 is 0 Å². The number of benzene rings is 2. The molecule has 4 nitrogen and oxygen atoms in total. The van der Waals surface area contributed by atoms with E-state index in [-0.39, 0.29) is 5.91 Å². The molecule has 0 heterocycles. The number of nitrogens with one attached hydrogen (secondary N) is 1. The van der Waals surface area contributed by atoms with E-state index < -0.39 is 6.10 Å². The van der Waals surface area contributed by atoms with E-state index in [1.807, 2.05) is 57.2 Å². The van der Waals surface area contributed by atoms with Crippen LogP contribution in [0.4, 0.5) is 5.69 Å². The molecule has 1 amide bonds. The van der Waals surface area contributed by atoms with Gasteiger partial charge in [0.1, 0.15) is 11.5 Å². The molecule has 0 aromatic heterocycles. The quantitative estimate of drug-likeness (QED) is 0.873. The smallest absolute Gasteiger partial charge is 0.265 e. The predicted octanol–water partition coefficient (Wildman–Crippen LogP) is 4.11. The third kappa shape index (κ3) is 4.25. The molecule has 0 saturated carbocycles. The van der Waals surface area contributed by atoms with E-state index >= 15 is 0 Å². The molecule has 0 fully saturated rings. The van der Waals surface area contributed by atoms with Gasteiger partial charge in [0.05, 0.1) is 7.11 Å². The largest absolute Gasteiger partial charge is 0.497 e.